The quantitative estimate of drug-likeness (QED) is 0.847. The summed E-state index contributed by atoms with van der Waals surface area (Å²) >= 11 is 0. The molecule has 1 atom stereocenters. The summed E-state index contributed by atoms with van der Waals surface area (Å²) in [5.74, 6) is 0.168. The standard InChI is InChI=1S/C20H24N2O3/c1-13(2)18(22-19(23)17-8-6-5-7-14(17)3)20(24)21-15-9-11-16(25-4)12-10-15/h5-13,18H,1-4H3,(H,21,24)(H,22,23). The van der Waals surface area contributed by atoms with E-state index >= 15 is 0 Å². The van der Waals surface area contributed by atoms with Crippen molar-refractivity contribution in [1.82, 2.24) is 5.32 Å². The average Bonchev–Trinajstić information content (AvgIpc) is 2.60. The van der Waals surface area contributed by atoms with Crippen LogP contribution in [0.3, 0.4) is 0 Å². The van der Waals surface area contributed by atoms with Gasteiger partial charge < -0.3 is 15.4 Å². The molecule has 0 aliphatic rings. The third kappa shape index (κ3) is 4.83. The lowest BCUT2D eigenvalue weighted by atomic mass is 10.0. The Morgan fingerprint density at radius 1 is 1.00 bits per heavy atom. The fourth-order valence-electron chi connectivity index (χ4n) is 2.48. The largest absolute Gasteiger partial charge is 0.497 e. The summed E-state index contributed by atoms with van der Waals surface area (Å²) in [5.41, 5.74) is 2.10. The first-order chi connectivity index (χ1) is 11.9. The van der Waals surface area contributed by atoms with Crippen LogP contribution in [0.2, 0.25) is 0 Å². The van der Waals surface area contributed by atoms with Gasteiger partial charge >= 0.3 is 0 Å². The number of anilines is 1. The van der Waals surface area contributed by atoms with Crippen LogP contribution in [0.1, 0.15) is 29.8 Å². The molecule has 5 nitrogen and oxygen atoms in total. The highest BCUT2D eigenvalue weighted by molar-refractivity contribution is 6.01. The molecule has 0 radical (unpaired) electrons. The van der Waals surface area contributed by atoms with Crippen LogP contribution in [0.15, 0.2) is 48.5 Å². The molecule has 0 spiro atoms. The summed E-state index contributed by atoms with van der Waals surface area (Å²) in [7, 11) is 1.59. The highest BCUT2D eigenvalue weighted by atomic mass is 16.5. The molecule has 0 aliphatic carbocycles. The lowest BCUT2D eigenvalue weighted by Crippen LogP contribution is -2.47. The molecule has 2 aromatic rings. The van der Waals surface area contributed by atoms with Gasteiger partial charge in [-0.05, 0) is 48.7 Å². The summed E-state index contributed by atoms with van der Waals surface area (Å²) in [6, 6.07) is 13.7. The second-order valence-electron chi connectivity index (χ2n) is 6.23. The molecule has 0 aromatic heterocycles. The molecule has 1 unspecified atom stereocenters. The third-order valence-electron chi connectivity index (χ3n) is 3.98. The van der Waals surface area contributed by atoms with Crippen molar-refractivity contribution in [2.45, 2.75) is 26.8 Å². The van der Waals surface area contributed by atoms with E-state index in [1.807, 2.05) is 39.0 Å². The normalized spacial score (nSPS) is 11.7. The van der Waals surface area contributed by atoms with Crippen molar-refractivity contribution in [2.24, 2.45) is 5.92 Å². The Morgan fingerprint density at radius 3 is 2.20 bits per heavy atom. The van der Waals surface area contributed by atoms with Gasteiger partial charge in [-0.15, -0.1) is 0 Å². The van der Waals surface area contributed by atoms with E-state index in [2.05, 4.69) is 10.6 Å². The highest BCUT2D eigenvalue weighted by Gasteiger charge is 2.25. The zero-order valence-corrected chi connectivity index (χ0v) is 15.0. The number of carbonyl (C=O) groups is 2. The molecule has 5 heteroatoms. The third-order valence-corrected chi connectivity index (χ3v) is 3.98. The Bertz CT molecular complexity index is 739. The second-order valence-corrected chi connectivity index (χ2v) is 6.23. The van der Waals surface area contributed by atoms with E-state index in [4.69, 9.17) is 4.74 Å². The van der Waals surface area contributed by atoms with Crippen molar-refractivity contribution >= 4 is 17.5 Å². The van der Waals surface area contributed by atoms with Crippen LogP contribution in [-0.4, -0.2) is 25.0 Å². The van der Waals surface area contributed by atoms with Crippen molar-refractivity contribution in [1.29, 1.82) is 0 Å². The monoisotopic (exact) mass is 340 g/mol. The van der Waals surface area contributed by atoms with Gasteiger partial charge in [-0.3, -0.25) is 9.59 Å². The lowest BCUT2D eigenvalue weighted by molar-refractivity contribution is -0.118. The molecular formula is C20H24N2O3. The molecule has 25 heavy (non-hydrogen) atoms. The summed E-state index contributed by atoms with van der Waals surface area (Å²) in [5, 5.41) is 5.68. The van der Waals surface area contributed by atoms with Crippen molar-refractivity contribution in [2.75, 3.05) is 12.4 Å². The van der Waals surface area contributed by atoms with Gasteiger partial charge in [0.1, 0.15) is 11.8 Å². The molecule has 0 heterocycles. The van der Waals surface area contributed by atoms with Gasteiger partial charge in [-0.25, -0.2) is 0 Å². The van der Waals surface area contributed by atoms with Crippen LogP contribution < -0.4 is 15.4 Å². The first-order valence-corrected chi connectivity index (χ1v) is 8.23. The minimum absolute atomic E-state index is 0.0498. The minimum Gasteiger partial charge on any atom is -0.497 e. The van der Waals surface area contributed by atoms with E-state index < -0.39 is 6.04 Å². The van der Waals surface area contributed by atoms with Gasteiger partial charge in [-0.1, -0.05) is 32.0 Å². The number of amides is 2. The molecule has 2 N–H and O–H groups in total. The Morgan fingerprint density at radius 2 is 1.64 bits per heavy atom. The Kier molecular flexibility index (Phi) is 6.17. The Hall–Kier alpha value is -2.82. The molecule has 0 saturated carbocycles. The average molecular weight is 340 g/mol. The van der Waals surface area contributed by atoms with E-state index in [9.17, 15) is 9.59 Å². The molecule has 132 valence electrons. The van der Waals surface area contributed by atoms with Crippen LogP contribution in [0.25, 0.3) is 0 Å². The van der Waals surface area contributed by atoms with Crippen LogP contribution >= 0.6 is 0 Å². The summed E-state index contributed by atoms with van der Waals surface area (Å²) < 4.78 is 5.10. The van der Waals surface area contributed by atoms with E-state index in [0.29, 0.717) is 17.0 Å². The SMILES string of the molecule is COc1ccc(NC(=O)C(NC(=O)c2ccccc2C)C(C)C)cc1. The molecule has 2 aromatic carbocycles. The highest BCUT2D eigenvalue weighted by Crippen LogP contribution is 2.16. The van der Waals surface area contributed by atoms with Crippen molar-refractivity contribution in [3.8, 4) is 5.75 Å². The van der Waals surface area contributed by atoms with Gasteiger partial charge in [0.2, 0.25) is 5.91 Å². The molecule has 2 rings (SSSR count). The predicted molar refractivity (Wildman–Crippen MR) is 98.9 cm³/mol. The maximum Gasteiger partial charge on any atom is 0.252 e. The van der Waals surface area contributed by atoms with Gasteiger partial charge in [0.25, 0.3) is 5.91 Å². The van der Waals surface area contributed by atoms with Gasteiger partial charge in [0.15, 0.2) is 0 Å². The number of ether oxygens (including phenoxy) is 1. The van der Waals surface area contributed by atoms with Gasteiger partial charge in [-0.2, -0.15) is 0 Å². The lowest BCUT2D eigenvalue weighted by Gasteiger charge is -2.22. The summed E-state index contributed by atoms with van der Waals surface area (Å²) in [6.07, 6.45) is 0. The first kappa shape index (κ1) is 18.5. The maximum absolute atomic E-state index is 12.6. The summed E-state index contributed by atoms with van der Waals surface area (Å²) in [4.78, 5) is 25.1. The molecule has 0 fully saturated rings. The van der Waals surface area contributed by atoms with Crippen LogP contribution in [-0.2, 0) is 4.79 Å². The van der Waals surface area contributed by atoms with Crippen molar-refractivity contribution < 1.29 is 14.3 Å². The van der Waals surface area contributed by atoms with E-state index in [-0.39, 0.29) is 17.7 Å². The van der Waals surface area contributed by atoms with Crippen LogP contribution in [0, 0.1) is 12.8 Å². The zero-order valence-electron chi connectivity index (χ0n) is 15.0. The van der Waals surface area contributed by atoms with E-state index in [1.165, 1.54) is 0 Å². The second kappa shape index (κ2) is 8.33. The number of carbonyl (C=O) groups excluding carboxylic acids is 2. The van der Waals surface area contributed by atoms with E-state index in [1.54, 1.807) is 37.4 Å². The Labute approximate surface area is 148 Å². The number of nitrogens with one attached hydrogen (secondary N) is 2. The smallest absolute Gasteiger partial charge is 0.252 e. The molecule has 0 aliphatic heterocycles. The van der Waals surface area contributed by atoms with E-state index in [0.717, 1.165) is 5.56 Å². The zero-order chi connectivity index (χ0) is 18.4. The Balaban J connectivity index is 2.10. The number of hydrogen-bond donors (Lipinski definition) is 2. The summed E-state index contributed by atoms with van der Waals surface area (Å²) in [6.45, 7) is 5.67. The van der Waals surface area contributed by atoms with Crippen molar-refractivity contribution in [3.63, 3.8) is 0 Å². The first-order valence-electron chi connectivity index (χ1n) is 8.23. The topological polar surface area (TPSA) is 67.4 Å². The van der Waals surface area contributed by atoms with Crippen LogP contribution in [0.4, 0.5) is 5.69 Å². The number of benzene rings is 2. The minimum atomic E-state index is -0.630. The number of rotatable bonds is 6. The predicted octanol–water partition coefficient (Wildman–Crippen LogP) is 3.40. The molecule has 0 bridgehead atoms. The van der Waals surface area contributed by atoms with Gasteiger partial charge in [0.05, 0.1) is 7.11 Å². The van der Waals surface area contributed by atoms with Crippen molar-refractivity contribution in [3.05, 3.63) is 59.7 Å². The fraction of sp³-hybridized carbons (Fsp3) is 0.300. The molecule has 0 saturated heterocycles. The maximum atomic E-state index is 12.6. The number of aryl methyl sites for hydroxylation is 1. The molecular weight excluding hydrogens is 316 g/mol. The number of methoxy groups -OCH3 is 1. The van der Waals surface area contributed by atoms with Gasteiger partial charge in [0, 0.05) is 11.3 Å². The fourth-order valence-corrected chi connectivity index (χ4v) is 2.48. The number of hydrogen-bond acceptors (Lipinski definition) is 3. The van der Waals surface area contributed by atoms with Crippen LogP contribution in [0.5, 0.6) is 5.75 Å². The molecule has 2 amide bonds.